The van der Waals surface area contributed by atoms with Gasteiger partial charge in [0.05, 0.1) is 11.4 Å². The van der Waals surface area contributed by atoms with E-state index in [9.17, 15) is 5.11 Å². The van der Waals surface area contributed by atoms with Gasteiger partial charge in [0.15, 0.2) is 0 Å². The van der Waals surface area contributed by atoms with Crippen molar-refractivity contribution in [3.05, 3.63) is 65.3 Å². The average Bonchev–Trinajstić information content (AvgIpc) is 2.79. The van der Waals surface area contributed by atoms with Crippen LogP contribution in [-0.4, -0.2) is 44.2 Å². The molecular formula is C26H36N4O. The van der Waals surface area contributed by atoms with E-state index in [-0.39, 0.29) is 5.75 Å². The fraction of sp³-hybridized carbons (Fsp3) is 0.385. The summed E-state index contributed by atoms with van der Waals surface area (Å²) in [6.45, 7) is 9.00. The Kier molecular flexibility index (Phi) is 8.86. The van der Waals surface area contributed by atoms with Gasteiger partial charge in [-0.1, -0.05) is 44.2 Å². The van der Waals surface area contributed by atoms with Gasteiger partial charge in [-0.15, -0.1) is 0 Å². The molecular weight excluding hydrogens is 384 g/mol. The van der Waals surface area contributed by atoms with Gasteiger partial charge in [0.25, 0.3) is 0 Å². The third-order valence-electron chi connectivity index (χ3n) is 5.33. The third kappa shape index (κ3) is 5.54. The summed E-state index contributed by atoms with van der Waals surface area (Å²) in [7, 11) is 5.74. The number of hydrogen-bond acceptors (Lipinski definition) is 5. The molecule has 31 heavy (non-hydrogen) atoms. The first kappa shape index (κ1) is 24.2. The number of phenols is 1. The van der Waals surface area contributed by atoms with E-state index in [2.05, 4.69) is 35.2 Å². The van der Waals surface area contributed by atoms with Crippen LogP contribution < -0.4 is 9.91 Å². The van der Waals surface area contributed by atoms with Crippen LogP contribution >= 0.6 is 0 Å². The fourth-order valence-electron chi connectivity index (χ4n) is 3.85. The van der Waals surface area contributed by atoms with Crippen LogP contribution in [0.2, 0.25) is 0 Å². The molecule has 0 atom stereocenters. The highest BCUT2D eigenvalue weighted by molar-refractivity contribution is 6.18. The molecule has 0 aromatic heterocycles. The van der Waals surface area contributed by atoms with Gasteiger partial charge in [0.1, 0.15) is 11.4 Å². The van der Waals surface area contributed by atoms with E-state index in [0.29, 0.717) is 5.69 Å². The van der Waals surface area contributed by atoms with Crippen molar-refractivity contribution in [1.82, 2.24) is 0 Å². The van der Waals surface area contributed by atoms with Gasteiger partial charge < -0.3 is 10.0 Å². The van der Waals surface area contributed by atoms with E-state index in [1.54, 1.807) is 12.1 Å². The lowest BCUT2D eigenvalue weighted by Crippen LogP contribution is -2.25. The quantitative estimate of drug-likeness (QED) is 0.503. The number of allylic oxidation sites excluding steroid dienone is 8. The summed E-state index contributed by atoms with van der Waals surface area (Å²) in [6, 6.07) is 3.91. The van der Waals surface area contributed by atoms with E-state index in [1.807, 2.05) is 65.1 Å². The van der Waals surface area contributed by atoms with Gasteiger partial charge in [-0.3, -0.25) is 10.0 Å². The number of rotatable bonds is 4. The fourth-order valence-corrected chi connectivity index (χ4v) is 3.85. The highest BCUT2D eigenvalue weighted by atomic mass is 16.3. The van der Waals surface area contributed by atoms with Gasteiger partial charge in [-0.05, 0) is 44.4 Å². The molecule has 1 heterocycles. The van der Waals surface area contributed by atoms with Crippen LogP contribution in [0.1, 0.15) is 39.7 Å². The topological polar surface area (TPSA) is 51.4 Å². The number of nitrogens with zero attached hydrogens (tertiary/aromatic N) is 4. The number of benzene rings is 1. The molecule has 1 aromatic carbocycles. The number of aryl methyl sites for hydroxylation is 1. The summed E-state index contributed by atoms with van der Waals surface area (Å²) in [6.07, 6.45) is 14.3. The minimum Gasteiger partial charge on any atom is -0.506 e. The maximum absolute atomic E-state index is 10.6. The van der Waals surface area contributed by atoms with E-state index in [1.165, 1.54) is 5.56 Å². The Morgan fingerprint density at radius 3 is 2.58 bits per heavy atom. The molecule has 0 amide bonds. The van der Waals surface area contributed by atoms with Crippen molar-refractivity contribution in [3.63, 3.8) is 0 Å². The SMILES string of the molecule is CC.C\C=C/C(C(/C)=N/N(C)c1cc2c(cc1O)N(C)CCC2)=C1/C=CC=CC1=NC. The van der Waals surface area contributed by atoms with Crippen LogP contribution in [0.3, 0.4) is 0 Å². The molecule has 2 aliphatic rings. The first-order valence-electron chi connectivity index (χ1n) is 11.0. The van der Waals surface area contributed by atoms with Crippen molar-refractivity contribution < 1.29 is 5.11 Å². The lowest BCUT2D eigenvalue weighted by atomic mass is 9.96. The van der Waals surface area contributed by atoms with Crippen molar-refractivity contribution in [3.8, 4) is 5.75 Å². The Morgan fingerprint density at radius 2 is 1.90 bits per heavy atom. The minimum absolute atomic E-state index is 0.244. The van der Waals surface area contributed by atoms with Crippen LogP contribution in [0, 0.1) is 0 Å². The Labute approximate surface area is 187 Å². The molecule has 5 heteroatoms. The van der Waals surface area contributed by atoms with Crippen molar-refractivity contribution in [1.29, 1.82) is 0 Å². The Balaban J connectivity index is 0.00000166. The van der Waals surface area contributed by atoms with Gasteiger partial charge in [-0.25, -0.2) is 0 Å². The second kappa shape index (κ2) is 11.3. The molecule has 0 unspecified atom stereocenters. The zero-order valence-corrected chi connectivity index (χ0v) is 20.0. The molecule has 1 N–H and O–H groups in total. The van der Waals surface area contributed by atoms with Crippen molar-refractivity contribution in [2.24, 2.45) is 10.1 Å². The van der Waals surface area contributed by atoms with E-state index >= 15 is 0 Å². The summed E-state index contributed by atoms with van der Waals surface area (Å²) in [5.41, 5.74) is 6.90. The molecule has 0 spiro atoms. The average molecular weight is 421 g/mol. The predicted octanol–water partition coefficient (Wildman–Crippen LogP) is 5.68. The number of fused-ring (bicyclic) bond motifs is 1. The van der Waals surface area contributed by atoms with E-state index in [4.69, 9.17) is 5.10 Å². The maximum Gasteiger partial charge on any atom is 0.142 e. The summed E-state index contributed by atoms with van der Waals surface area (Å²) in [5, 5.41) is 17.2. The highest BCUT2D eigenvalue weighted by Gasteiger charge is 2.19. The second-order valence-electron chi connectivity index (χ2n) is 7.36. The van der Waals surface area contributed by atoms with E-state index < -0.39 is 0 Å². The molecule has 1 aliphatic heterocycles. The van der Waals surface area contributed by atoms with Crippen LogP contribution in [0.4, 0.5) is 11.4 Å². The van der Waals surface area contributed by atoms with Gasteiger partial charge >= 0.3 is 0 Å². The Hall–Kier alpha value is -3.08. The third-order valence-corrected chi connectivity index (χ3v) is 5.33. The summed E-state index contributed by atoms with van der Waals surface area (Å²) < 4.78 is 0. The molecule has 0 saturated carbocycles. The molecule has 1 aliphatic carbocycles. The smallest absolute Gasteiger partial charge is 0.142 e. The molecule has 5 nitrogen and oxygen atoms in total. The monoisotopic (exact) mass is 420 g/mol. The molecule has 0 radical (unpaired) electrons. The first-order valence-corrected chi connectivity index (χ1v) is 11.0. The number of hydrazone groups is 1. The Morgan fingerprint density at radius 1 is 1.19 bits per heavy atom. The van der Waals surface area contributed by atoms with Crippen molar-refractivity contribution in [2.45, 2.75) is 40.5 Å². The molecule has 1 aromatic rings. The summed E-state index contributed by atoms with van der Waals surface area (Å²) in [5.74, 6) is 0.244. The number of phenolic OH excluding ortho intramolecular Hbond substituents is 1. The number of aliphatic imine (C=N–C) groups is 1. The zero-order valence-electron chi connectivity index (χ0n) is 20.0. The molecule has 3 rings (SSSR count). The first-order chi connectivity index (χ1) is 15.0. The van der Waals surface area contributed by atoms with Crippen LogP contribution in [0.25, 0.3) is 0 Å². The Bertz CT molecular complexity index is 964. The van der Waals surface area contributed by atoms with E-state index in [0.717, 1.165) is 47.6 Å². The molecule has 0 saturated heterocycles. The zero-order chi connectivity index (χ0) is 23.0. The van der Waals surface area contributed by atoms with Gasteiger partial charge in [0.2, 0.25) is 0 Å². The van der Waals surface area contributed by atoms with Crippen LogP contribution in [0.15, 0.2) is 69.8 Å². The number of anilines is 2. The highest BCUT2D eigenvalue weighted by Crippen LogP contribution is 2.37. The van der Waals surface area contributed by atoms with Gasteiger partial charge in [-0.2, -0.15) is 5.10 Å². The van der Waals surface area contributed by atoms with Gasteiger partial charge in [0, 0.05) is 50.6 Å². The molecule has 0 fully saturated rings. The number of aromatic hydroxyl groups is 1. The normalized spacial score (nSPS) is 18.7. The van der Waals surface area contributed by atoms with Crippen LogP contribution in [-0.2, 0) is 6.42 Å². The standard InChI is InChI=1S/C24H30N4O.C2H6/c1-6-10-19(20-12-7-8-13-21(20)25-3)17(2)26-28(5)23-15-18-11-9-14-27(4)22(18)16-24(23)29;1-2/h6-8,10,12-13,15-16,29H,9,11,14H2,1-5H3;1-2H3/b10-6-,20-19+,25-21?,26-17+;. The second-order valence-corrected chi connectivity index (χ2v) is 7.36. The number of hydrogen-bond donors (Lipinski definition) is 1. The summed E-state index contributed by atoms with van der Waals surface area (Å²) >= 11 is 0. The molecule has 166 valence electrons. The lowest BCUT2D eigenvalue weighted by molar-refractivity contribution is 0.474. The summed E-state index contributed by atoms with van der Waals surface area (Å²) in [4.78, 5) is 6.59. The minimum atomic E-state index is 0.244. The molecule has 0 bridgehead atoms. The van der Waals surface area contributed by atoms with Crippen molar-refractivity contribution >= 4 is 22.8 Å². The van der Waals surface area contributed by atoms with Crippen LogP contribution in [0.5, 0.6) is 5.75 Å². The lowest BCUT2D eigenvalue weighted by Gasteiger charge is -2.29. The maximum atomic E-state index is 10.6. The largest absolute Gasteiger partial charge is 0.506 e. The predicted molar refractivity (Wildman–Crippen MR) is 136 cm³/mol. The van der Waals surface area contributed by atoms with Crippen molar-refractivity contribution in [2.75, 3.05) is 37.6 Å².